The predicted molar refractivity (Wildman–Crippen MR) is 71.1 cm³/mol. The minimum Gasteiger partial charge on any atom is -0.356 e. The first kappa shape index (κ1) is 12.2. The zero-order chi connectivity index (χ0) is 12.3. The third kappa shape index (κ3) is 3.35. The van der Waals surface area contributed by atoms with Gasteiger partial charge < -0.3 is 10.3 Å². The molecule has 0 aliphatic rings. The lowest BCUT2D eigenvalue weighted by Gasteiger charge is -2.03. The molecule has 1 amide bonds. The molecule has 0 saturated heterocycles. The molecule has 1 heterocycles. The maximum atomic E-state index is 11.7. The van der Waals surface area contributed by atoms with Crippen LogP contribution in [0.25, 0.3) is 0 Å². The van der Waals surface area contributed by atoms with Gasteiger partial charge in [0.1, 0.15) is 5.69 Å². The number of aromatic amines is 1. The minimum absolute atomic E-state index is 0.134. The summed E-state index contributed by atoms with van der Waals surface area (Å²) in [4.78, 5) is 14.6. The third-order valence-electron chi connectivity index (χ3n) is 2.26. The van der Waals surface area contributed by atoms with E-state index in [4.69, 9.17) is 11.6 Å². The van der Waals surface area contributed by atoms with Crippen molar-refractivity contribution in [2.45, 2.75) is 6.54 Å². The van der Waals surface area contributed by atoms with Gasteiger partial charge in [0.05, 0.1) is 0 Å². The van der Waals surface area contributed by atoms with E-state index in [1.807, 2.05) is 12.1 Å². The summed E-state index contributed by atoms with van der Waals surface area (Å²) in [5.74, 6) is -0.134. The van der Waals surface area contributed by atoms with Gasteiger partial charge in [-0.25, -0.2) is 0 Å². The Balaban J connectivity index is 1.94. The quantitative estimate of drug-likeness (QED) is 0.896. The van der Waals surface area contributed by atoms with Crippen LogP contribution >= 0.6 is 27.5 Å². The van der Waals surface area contributed by atoms with Gasteiger partial charge >= 0.3 is 0 Å². The number of halogens is 2. The fraction of sp³-hybridized carbons (Fsp3) is 0.0833. The number of aromatic nitrogens is 1. The molecular formula is C12H10BrClN2O. The molecule has 0 bridgehead atoms. The Labute approximate surface area is 112 Å². The summed E-state index contributed by atoms with van der Waals surface area (Å²) in [6.07, 6.45) is 1.72. The van der Waals surface area contributed by atoms with E-state index in [1.165, 1.54) is 0 Å². The number of nitrogens with one attached hydrogen (secondary N) is 2. The van der Waals surface area contributed by atoms with Crippen molar-refractivity contribution in [1.82, 2.24) is 10.3 Å². The summed E-state index contributed by atoms with van der Waals surface area (Å²) in [5, 5.41) is 3.50. The van der Waals surface area contributed by atoms with E-state index in [0.29, 0.717) is 17.3 Å². The Hall–Kier alpha value is -1.26. The fourth-order valence-electron chi connectivity index (χ4n) is 1.38. The van der Waals surface area contributed by atoms with Crippen LogP contribution in [0.1, 0.15) is 16.1 Å². The van der Waals surface area contributed by atoms with E-state index < -0.39 is 0 Å². The van der Waals surface area contributed by atoms with Crippen LogP contribution in [0.4, 0.5) is 0 Å². The normalized spacial score (nSPS) is 10.2. The average molecular weight is 314 g/mol. The second-order valence-corrected chi connectivity index (χ2v) is 4.89. The molecule has 17 heavy (non-hydrogen) atoms. The highest BCUT2D eigenvalue weighted by molar-refractivity contribution is 9.10. The first-order chi connectivity index (χ1) is 8.15. The zero-order valence-corrected chi connectivity index (χ0v) is 11.2. The van der Waals surface area contributed by atoms with Crippen LogP contribution in [0.5, 0.6) is 0 Å². The van der Waals surface area contributed by atoms with E-state index >= 15 is 0 Å². The standard InChI is InChI=1S/C12H10BrClN2O/c13-9-5-11(15-7-9)12(17)16-6-8-1-3-10(14)4-2-8/h1-5,7,15H,6H2,(H,16,17). The smallest absolute Gasteiger partial charge is 0.267 e. The molecule has 0 spiro atoms. The van der Waals surface area contributed by atoms with Crippen molar-refractivity contribution in [2.24, 2.45) is 0 Å². The van der Waals surface area contributed by atoms with Crippen LogP contribution < -0.4 is 5.32 Å². The molecule has 3 nitrogen and oxygen atoms in total. The van der Waals surface area contributed by atoms with Crippen molar-refractivity contribution < 1.29 is 4.79 Å². The monoisotopic (exact) mass is 312 g/mol. The molecule has 0 aliphatic carbocycles. The molecule has 2 rings (SSSR count). The van der Waals surface area contributed by atoms with Gasteiger partial charge in [-0.05, 0) is 39.7 Å². The lowest BCUT2D eigenvalue weighted by molar-refractivity contribution is 0.0946. The average Bonchev–Trinajstić information content (AvgIpc) is 2.75. The topological polar surface area (TPSA) is 44.9 Å². The number of hydrogen-bond donors (Lipinski definition) is 2. The van der Waals surface area contributed by atoms with Gasteiger partial charge in [-0.2, -0.15) is 0 Å². The lowest BCUT2D eigenvalue weighted by atomic mass is 10.2. The molecule has 0 unspecified atom stereocenters. The molecule has 2 aromatic rings. The van der Waals surface area contributed by atoms with E-state index in [-0.39, 0.29) is 5.91 Å². The highest BCUT2D eigenvalue weighted by atomic mass is 79.9. The van der Waals surface area contributed by atoms with Gasteiger partial charge in [-0.1, -0.05) is 23.7 Å². The van der Waals surface area contributed by atoms with Crippen LogP contribution in [-0.2, 0) is 6.54 Å². The van der Waals surface area contributed by atoms with Gasteiger partial charge in [0.25, 0.3) is 5.91 Å². The van der Waals surface area contributed by atoms with E-state index in [2.05, 4.69) is 26.2 Å². The molecule has 0 radical (unpaired) electrons. The maximum absolute atomic E-state index is 11.7. The van der Waals surface area contributed by atoms with Crippen molar-refractivity contribution in [2.75, 3.05) is 0 Å². The summed E-state index contributed by atoms with van der Waals surface area (Å²) in [6, 6.07) is 9.10. The molecule has 0 aliphatic heterocycles. The summed E-state index contributed by atoms with van der Waals surface area (Å²) in [6.45, 7) is 0.479. The second kappa shape index (κ2) is 5.38. The second-order valence-electron chi connectivity index (χ2n) is 3.54. The van der Waals surface area contributed by atoms with Crippen LogP contribution in [-0.4, -0.2) is 10.9 Å². The summed E-state index contributed by atoms with van der Waals surface area (Å²) in [7, 11) is 0. The van der Waals surface area contributed by atoms with Crippen molar-refractivity contribution in [3.63, 3.8) is 0 Å². The van der Waals surface area contributed by atoms with Crippen LogP contribution in [0, 0.1) is 0 Å². The Bertz CT molecular complexity index is 522. The Morgan fingerprint density at radius 3 is 2.65 bits per heavy atom. The summed E-state index contributed by atoms with van der Waals surface area (Å²) in [5.41, 5.74) is 1.54. The molecule has 0 atom stereocenters. The summed E-state index contributed by atoms with van der Waals surface area (Å²) < 4.78 is 0.856. The van der Waals surface area contributed by atoms with Crippen LogP contribution in [0.3, 0.4) is 0 Å². The molecule has 0 fully saturated rings. The number of H-pyrrole nitrogens is 1. The SMILES string of the molecule is O=C(NCc1ccc(Cl)cc1)c1cc(Br)c[nH]1. The number of benzene rings is 1. The molecule has 5 heteroatoms. The predicted octanol–water partition coefficient (Wildman–Crippen LogP) is 3.36. The Kier molecular flexibility index (Phi) is 3.86. The van der Waals surface area contributed by atoms with E-state index in [1.54, 1.807) is 24.4 Å². The largest absolute Gasteiger partial charge is 0.356 e. The first-order valence-corrected chi connectivity index (χ1v) is 6.19. The number of hydrogen-bond acceptors (Lipinski definition) is 1. The number of carbonyl (C=O) groups excluding carboxylic acids is 1. The number of amides is 1. The number of rotatable bonds is 3. The number of carbonyl (C=O) groups is 1. The molecule has 88 valence electrons. The fourth-order valence-corrected chi connectivity index (χ4v) is 1.85. The Morgan fingerprint density at radius 2 is 2.06 bits per heavy atom. The van der Waals surface area contributed by atoms with Crippen LogP contribution in [0.15, 0.2) is 41.0 Å². The van der Waals surface area contributed by atoms with Gasteiger partial charge in [-0.15, -0.1) is 0 Å². The van der Waals surface area contributed by atoms with Crippen molar-refractivity contribution in [3.05, 3.63) is 57.3 Å². The highest BCUT2D eigenvalue weighted by Gasteiger charge is 2.06. The molecule has 0 saturated carbocycles. The molecule has 1 aromatic heterocycles. The van der Waals surface area contributed by atoms with Gasteiger partial charge in [0.15, 0.2) is 0 Å². The van der Waals surface area contributed by atoms with E-state index in [9.17, 15) is 4.79 Å². The van der Waals surface area contributed by atoms with Crippen LogP contribution in [0.2, 0.25) is 5.02 Å². The van der Waals surface area contributed by atoms with Gasteiger partial charge in [0.2, 0.25) is 0 Å². The van der Waals surface area contributed by atoms with Crippen molar-refractivity contribution in [1.29, 1.82) is 0 Å². The molecular weight excluding hydrogens is 304 g/mol. The zero-order valence-electron chi connectivity index (χ0n) is 8.84. The minimum atomic E-state index is -0.134. The summed E-state index contributed by atoms with van der Waals surface area (Å²) >= 11 is 9.05. The maximum Gasteiger partial charge on any atom is 0.267 e. The first-order valence-electron chi connectivity index (χ1n) is 5.02. The van der Waals surface area contributed by atoms with Gasteiger partial charge in [-0.3, -0.25) is 4.79 Å². The highest BCUT2D eigenvalue weighted by Crippen LogP contribution is 2.11. The van der Waals surface area contributed by atoms with Crippen molar-refractivity contribution in [3.8, 4) is 0 Å². The Morgan fingerprint density at radius 1 is 1.35 bits per heavy atom. The molecule has 1 aromatic carbocycles. The molecule has 2 N–H and O–H groups in total. The third-order valence-corrected chi connectivity index (χ3v) is 2.97. The van der Waals surface area contributed by atoms with Crippen molar-refractivity contribution >= 4 is 33.4 Å². The van der Waals surface area contributed by atoms with E-state index in [0.717, 1.165) is 10.0 Å². The van der Waals surface area contributed by atoms with Gasteiger partial charge in [0, 0.05) is 22.2 Å². The lowest BCUT2D eigenvalue weighted by Crippen LogP contribution is -2.22.